The van der Waals surface area contributed by atoms with Crippen molar-refractivity contribution in [2.75, 3.05) is 12.0 Å². The molecule has 4 aromatic rings. The molecule has 3 heterocycles. The van der Waals surface area contributed by atoms with Gasteiger partial charge in [0.2, 0.25) is 5.76 Å². The molecule has 2 aromatic carbocycles. The van der Waals surface area contributed by atoms with Crippen LogP contribution in [-0.4, -0.2) is 18.0 Å². The van der Waals surface area contributed by atoms with Crippen LogP contribution in [0.2, 0.25) is 0 Å². The maximum atomic E-state index is 13.6. The van der Waals surface area contributed by atoms with Crippen molar-refractivity contribution >= 4 is 33.3 Å². The fourth-order valence-electron chi connectivity index (χ4n) is 3.86. The molecule has 150 valence electrons. The first kappa shape index (κ1) is 18.6. The average Bonchev–Trinajstić information content (AvgIpc) is 3.30. The Bertz CT molecular complexity index is 1370. The van der Waals surface area contributed by atoms with Crippen LogP contribution < -0.4 is 15.1 Å². The minimum atomic E-state index is -0.644. The molecule has 1 atom stereocenters. The zero-order valence-corrected chi connectivity index (χ0v) is 17.4. The van der Waals surface area contributed by atoms with Gasteiger partial charge in [0.15, 0.2) is 10.6 Å². The molecule has 1 aliphatic rings. The monoisotopic (exact) mass is 418 g/mol. The van der Waals surface area contributed by atoms with Crippen LogP contribution in [-0.2, 0) is 0 Å². The predicted molar refractivity (Wildman–Crippen MR) is 116 cm³/mol. The third-order valence-corrected chi connectivity index (χ3v) is 6.21. The number of hydrogen-bond donors (Lipinski definition) is 0. The van der Waals surface area contributed by atoms with Crippen molar-refractivity contribution in [1.82, 2.24) is 4.98 Å². The van der Waals surface area contributed by atoms with Crippen LogP contribution >= 0.6 is 11.3 Å². The first-order valence-electron chi connectivity index (χ1n) is 9.45. The fourth-order valence-corrected chi connectivity index (χ4v) is 4.69. The summed E-state index contributed by atoms with van der Waals surface area (Å²) in [4.78, 5) is 33.0. The van der Waals surface area contributed by atoms with Crippen molar-refractivity contribution in [2.45, 2.75) is 19.9 Å². The number of thiazole rings is 1. The van der Waals surface area contributed by atoms with Gasteiger partial charge in [-0.3, -0.25) is 14.5 Å². The lowest BCUT2D eigenvalue weighted by Gasteiger charge is -2.22. The van der Waals surface area contributed by atoms with E-state index < -0.39 is 6.04 Å². The minimum absolute atomic E-state index is 0.0667. The number of carbonyl (C=O) groups excluding carboxylic acids is 1. The lowest BCUT2D eigenvalue weighted by Crippen LogP contribution is -2.29. The number of fused-ring (bicyclic) bond motifs is 2. The molecule has 6 nitrogen and oxygen atoms in total. The third kappa shape index (κ3) is 2.74. The number of nitrogens with zero attached hydrogens (tertiary/aromatic N) is 2. The van der Waals surface area contributed by atoms with Crippen molar-refractivity contribution in [2.24, 2.45) is 0 Å². The highest BCUT2D eigenvalue weighted by atomic mass is 32.1. The van der Waals surface area contributed by atoms with Gasteiger partial charge in [-0.1, -0.05) is 23.8 Å². The molecule has 0 fully saturated rings. The summed E-state index contributed by atoms with van der Waals surface area (Å²) in [5, 5.41) is 2.87. The second-order valence-corrected chi connectivity index (χ2v) is 8.14. The highest BCUT2D eigenvalue weighted by molar-refractivity contribution is 7.14. The largest absolute Gasteiger partial charge is 0.497 e. The molecule has 5 rings (SSSR count). The standard InChI is InChI=1S/C23H18N2O4S/c1-12-7-8-17-16(9-12)20(26)18-19(14-5-4-6-15(10-14)28-3)25(22(27)21(18)29-17)23-24-13(2)11-30-23/h4-11,19H,1-3H3. The summed E-state index contributed by atoms with van der Waals surface area (Å²) in [6.07, 6.45) is 0. The smallest absolute Gasteiger partial charge is 0.297 e. The summed E-state index contributed by atoms with van der Waals surface area (Å²) in [6, 6.07) is 12.1. The van der Waals surface area contributed by atoms with Crippen LogP contribution in [0.3, 0.4) is 0 Å². The number of rotatable bonds is 3. The van der Waals surface area contributed by atoms with Crippen LogP contribution in [0.5, 0.6) is 5.75 Å². The quantitative estimate of drug-likeness (QED) is 0.485. The van der Waals surface area contributed by atoms with Gasteiger partial charge in [0, 0.05) is 5.38 Å². The first-order valence-corrected chi connectivity index (χ1v) is 10.3. The Morgan fingerprint density at radius 3 is 2.70 bits per heavy atom. The third-order valence-electron chi connectivity index (χ3n) is 5.25. The van der Waals surface area contributed by atoms with Gasteiger partial charge < -0.3 is 9.15 Å². The number of methoxy groups -OCH3 is 1. The summed E-state index contributed by atoms with van der Waals surface area (Å²) in [6.45, 7) is 3.79. The molecule has 7 heteroatoms. The highest BCUT2D eigenvalue weighted by Gasteiger charge is 2.44. The number of carbonyl (C=O) groups is 1. The van der Waals surface area contributed by atoms with Gasteiger partial charge in [-0.25, -0.2) is 4.98 Å². The molecule has 1 unspecified atom stereocenters. The van der Waals surface area contributed by atoms with Crippen LogP contribution in [0, 0.1) is 13.8 Å². The molecule has 2 aromatic heterocycles. The summed E-state index contributed by atoms with van der Waals surface area (Å²) in [5.41, 5.74) is 3.05. The number of amides is 1. The second-order valence-electron chi connectivity index (χ2n) is 7.30. The Hall–Kier alpha value is -3.45. The molecule has 1 amide bonds. The number of hydrogen-bond acceptors (Lipinski definition) is 6. The number of anilines is 1. The van der Waals surface area contributed by atoms with Crippen molar-refractivity contribution in [3.8, 4) is 5.75 Å². The Balaban J connectivity index is 1.83. The summed E-state index contributed by atoms with van der Waals surface area (Å²) >= 11 is 1.36. The van der Waals surface area contributed by atoms with E-state index >= 15 is 0 Å². The number of ether oxygens (including phenoxy) is 1. The summed E-state index contributed by atoms with van der Waals surface area (Å²) < 4.78 is 11.3. The Kier molecular flexibility index (Phi) is 4.22. The Morgan fingerprint density at radius 1 is 1.13 bits per heavy atom. The molecule has 0 bridgehead atoms. The van der Waals surface area contributed by atoms with E-state index in [4.69, 9.17) is 9.15 Å². The van der Waals surface area contributed by atoms with E-state index in [2.05, 4.69) is 4.98 Å². The fraction of sp³-hybridized carbons (Fsp3) is 0.174. The van der Waals surface area contributed by atoms with Gasteiger partial charge in [0.25, 0.3) is 5.91 Å². The van der Waals surface area contributed by atoms with E-state index in [-0.39, 0.29) is 17.1 Å². The van der Waals surface area contributed by atoms with Crippen molar-refractivity contribution < 1.29 is 13.9 Å². The Morgan fingerprint density at radius 2 is 1.97 bits per heavy atom. The normalized spacial score (nSPS) is 15.6. The molecule has 0 aliphatic carbocycles. The lowest BCUT2D eigenvalue weighted by atomic mass is 9.98. The summed E-state index contributed by atoms with van der Waals surface area (Å²) in [5.74, 6) is 0.341. The molecule has 30 heavy (non-hydrogen) atoms. The van der Waals surface area contributed by atoms with E-state index in [0.717, 1.165) is 16.8 Å². The van der Waals surface area contributed by atoms with Crippen molar-refractivity contribution in [3.05, 3.63) is 86.2 Å². The van der Waals surface area contributed by atoms with Crippen LogP contribution in [0.15, 0.2) is 57.1 Å². The highest BCUT2D eigenvalue weighted by Crippen LogP contribution is 2.42. The van der Waals surface area contributed by atoms with Crippen LogP contribution in [0.25, 0.3) is 11.0 Å². The van der Waals surface area contributed by atoms with Crippen LogP contribution in [0.4, 0.5) is 5.13 Å². The van der Waals surface area contributed by atoms with Gasteiger partial charge in [0.1, 0.15) is 11.3 Å². The lowest BCUT2D eigenvalue weighted by molar-refractivity contribution is 0.0971. The minimum Gasteiger partial charge on any atom is -0.497 e. The average molecular weight is 418 g/mol. The topological polar surface area (TPSA) is 72.6 Å². The van der Waals surface area contributed by atoms with E-state index in [1.54, 1.807) is 24.1 Å². The maximum absolute atomic E-state index is 13.6. The zero-order valence-electron chi connectivity index (χ0n) is 16.6. The van der Waals surface area contributed by atoms with Gasteiger partial charge in [-0.15, -0.1) is 11.3 Å². The van der Waals surface area contributed by atoms with E-state index in [0.29, 0.717) is 27.4 Å². The maximum Gasteiger partial charge on any atom is 0.297 e. The molecule has 0 spiro atoms. The van der Waals surface area contributed by atoms with Crippen molar-refractivity contribution in [1.29, 1.82) is 0 Å². The molecular formula is C23H18N2O4S. The zero-order chi connectivity index (χ0) is 21.0. The van der Waals surface area contributed by atoms with Gasteiger partial charge in [-0.05, 0) is 43.7 Å². The van der Waals surface area contributed by atoms with Crippen LogP contribution in [0.1, 0.15) is 39.0 Å². The SMILES string of the molecule is COc1cccc(C2c3c(oc4ccc(C)cc4c3=O)C(=O)N2c2nc(C)cs2)c1. The number of benzene rings is 2. The van der Waals surface area contributed by atoms with Gasteiger partial charge >= 0.3 is 0 Å². The van der Waals surface area contributed by atoms with Gasteiger partial charge in [0.05, 0.1) is 29.8 Å². The van der Waals surface area contributed by atoms with Gasteiger partial charge in [-0.2, -0.15) is 0 Å². The first-order chi connectivity index (χ1) is 14.5. The molecule has 0 saturated heterocycles. The molecule has 0 saturated carbocycles. The predicted octanol–water partition coefficient (Wildman–Crippen LogP) is 4.62. The number of aryl methyl sites for hydroxylation is 2. The molecule has 0 N–H and O–H groups in total. The second kappa shape index (κ2) is 6.81. The van der Waals surface area contributed by atoms with Crippen molar-refractivity contribution in [3.63, 3.8) is 0 Å². The van der Waals surface area contributed by atoms with E-state index in [1.807, 2.05) is 49.6 Å². The van der Waals surface area contributed by atoms with E-state index in [9.17, 15) is 9.59 Å². The molecule has 0 radical (unpaired) electrons. The molecular weight excluding hydrogens is 400 g/mol. The van der Waals surface area contributed by atoms with E-state index in [1.165, 1.54) is 11.3 Å². The molecule has 1 aliphatic heterocycles. The Labute approximate surface area is 176 Å². The number of aromatic nitrogens is 1. The summed E-state index contributed by atoms with van der Waals surface area (Å²) in [7, 11) is 1.58.